The van der Waals surface area contributed by atoms with Crippen molar-refractivity contribution < 1.29 is 13.2 Å². The Morgan fingerprint density at radius 2 is 2.10 bits per heavy atom. The second-order valence-corrected chi connectivity index (χ2v) is 4.88. The Kier molecular flexibility index (Phi) is 6.47. The number of aromatic nitrogens is 2. The van der Waals surface area contributed by atoms with Gasteiger partial charge in [0.15, 0.2) is 0 Å². The quantitative estimate of drug-likeness (QED) is 0.733. The molecule has 1 heterocycles. The van der Waals surface area contributed by atoms with Crippen molar-refractivity contribution in [1.29, 1.82) is 0 Å². The first kappa shape index (κ1) is 17.0. The molecule has 0 fully saturated rings. The Labute approximate surface area is 122 Å². The van der Waals surface area contributed by atoms with Gasteiger partial charge in [0.05, 0.1) is 11.9 Å². The number of halogens is 4. The molecule has 1 aromatic rings. The number of hydrogen-bond acceptors (Lipinski definition) is 4. The lowest BCUT2D eigenvalue weighted by atomic mass is 10.4. The Morgan fingerprint density at radius 1 is 1.40 bits per heavy atom. The summed E-state index contributed by atoms with van der Waals surface area (Å²) in [6, 6.07) is 0. The van der Waals surface area contributed by atoms with Gasteiger partial charge in [0.25, 0.3) is 5.56 Å². The number of hydrogen-bond donors (Lipinski definition) is 2. The van der Waals surface area contributed by atoms with E-state index >= 15 is 0 Å². The highest BCUT2D eigenvalue weighted by Crippen LogP contribution is 2.19. The lowest BCUT2D eigenvalue weighted by Gasteiger charge is -2.11. The van der Waals surface area contributed by atoms with E-state index in [4.69, 9.17) is 0 Å². The average Bonchev–Trinajstić information content (AvgIpc) is 2.36. The molecule has 0 spiro atoms. The van der Waals surface area contributed by atoms with Crippen LogP contribution in [0.25, 0.3) is 0 Å². The van der Waals surface area contributed by atoms with Gasteiger partial charge in [-0.15, -0.1) is 0 Å². The molecule has 0 aromatic carbocycles. The lowest BCUT2D eigenvalue weighted by molar-refractivity contribution is -0.143. The minimum absolute atomic E-state index is 0.0557. The predicted octanol–water partition coefficient (Wildman–Crippen LogP) is 1.98. The molecule has 0 aliphatic heterocycles. The molecule has 0 atom stereocenters. The average molecular weight is 357 g/mol. The zero-order chi connectivity index (χ0) is 15.2. The van der Waals surface area contributed by atoms with Gasteiger partial charge in [-0.1, -0.05) is 6.92 Å². The first-order valence-electron chi connectivity index (χ1n) is 6.12. The van der Waals surface area contributed by atoms with Crippen LogP contribution in [0.5, 0.6) is 0 Å². The first-order valence-corrected chi connectivity index (χ1v) is 6.91. The summed E-state index contributed by atoms with van der Waals surface area (Å²) >= 11 is 3.00. The van der Waals surface area contributed by atoms with Gasteiger partial charge >= 0.3 is 6.18 Å². The molecule has 0 aliphatic rings. The molecular weight excluding hydrogens is 341 g/mol. The van der Waals surface area contributed by atoms with Gasteiger partial charge in [-0.05, 0) is 35.4 Å². The van der Waals surface area contributed by atoms with Crippen molar-refractivity contribution in [3.8, 4) is 0 Å². The third kappa shape index (κ3) is 5.49. The van der Waals surface area contributed by atoms with E-state index in [-0.39, 0.29) is 4.47 Å². The summed E-state index contributed by atoms with van der Waals surface area (Å²) in [5.41, 5.74) is -0.413. The van der Waals surface area contributed by atoms with E-state index < -0.39 is 18.3 Å². The third-order valence-corrected chi connectivity index (χ3v) is 3.18. The molecule has 0 unspecified atom stereocenters. The second-order valence-electron chi connectivity index (χ2n) is 4.08. The largest absolute Gasteiger partial charge is 0.408 e. The van der Waals surface area contributed by atoms with Gasteiger partial charge in [0.1, 0.15) is 11.0 Å². The summed E-state index contributed by atoms with van der Waals surface area (Å²) in [7, 11) is 0. The van der Waals surface area contributed by atoms with Crippen LogP contribution < -0.4 is 16.2 Å². The van der Waals surface area contributed by atoms with E-state index in [1.807, 2.05) is 6.92 Å². The summed E-state index contributed by atoms with van der Waals surface area (Å²) < 4.78 is 37.1. The highest BCUT2D eigenvalue weighted by molar-refractivity contribution is 9.10. The Hall–Kier alpha value is -1.09. The molecule has 0 bridgehead atoms. The highest BCUT2D eigenvalue weighted by atomic mass is 79.9. The van der Waals surface area contributed by atoms with Gasteiger partial charge in [0.2, 0.25) is 0 Å². The standard InChI is InChI=1S/C11H16BrF3N4O/c1-2-16-4-3-5-17-8-6-18-19(7-11(13,14)15)10(20)9(8)12/h6,16-17H,2-5,7H2,1H3. The van der Waals surface area contributed by atoms with Gasteiger partial charge in [0, 0.05) is 6.54 Å². The van der Waals surface area contributed by atoms with Crippen LogP contribution >= 0.6 is 15.9 Å². The van der Waals surface area contributed by atoms with E-state index in [0.29, 0.717) is 16.9 Å². The molecule has 5 nitrogen and oxygen atoms in total. The summed E-state index contributed by atoms with van der Waals surface area (Å²) in [5, 5.41) is 9.61. The monoisotopic (exact) mass is 356 g/mol. The summed E-state index contributed by atoms with van der Waals surface area (Å²) in [5.74, 6) is 0. The van der Waals surface area contributed by atoms with Gasteiger partial charge in [-0.3, -0.25) is 4.79 Å². The minimum Gasteiger partial charge on any atom is -0.383 e. The molecule has 0 saturated heterocycles. The van der Waals surface area contributed by atoms with Crippen LogP contribution in [0.4, 0.5) is 18.9 Å². The number of nitrogens with one attached hydrogen (secondary N) is 2. The molecule has 1 rings (SSSR count). The molecule has 1 aromatic heterocycles. The topological polar surface area (TPSA) is 59.0 Å². The fourth-order valence-corrected chi connectivity index (χ4v) is 1.93. The SMILES string of the molecule is CCNCCCNc1cnn(CC(F)(F)F)c(=O)c1Br. The maximum atomic E-state index is 12.2. The van der Waals surface area contributed by atoms with Crippen molar-refractivity contribution in [1.82, 2.24) is 15.1 Å². The lowest BCUT2D eigenvalue weighted by Crippen LogP contribution is -2.31. The Morgan fingerprint density at radius 3 is 2.70 bits per heavy atom. The normalized spacial score (nSPS) is 11.7. The van der Waals surface area contributed by atoms with Crippen LogP contribution in [0.15, 0.2) is 15.5 Å². The van der Waals surface area contributed by atoms with Gasteiger partial charge in [-0.2, -0.15) is 18.3 Å². The van der Waals surface area contributed by atoms with Crippen LogP contribution in [0.3, 0.4) is 0 Å². The minimum atomic E-state index is -4.48. The van der Waals surface area contributed by atoms with E-state index in [0.717, 1.165) is 19.5 Å². The van der Waals surface area contributed by atoms with Crippen molar-refractivity contribution in [3.63, 3.8) is 0 Å². The summed E-state index contributed by atoms with van der Waals surface area (Å²) in [4.78, 5) is 11.7. The Balaban J connectivity index is 2.67. The fourth-order valence-electron chi connectivity index (χ4n) is 1.48. The second kappa shape index (κ2) is 7.63. The molecule has 0 aliphatic carbocycles. The number of rotatable bonds is 7. The van der Waals surface area contributed by atoms with E-state index in [1.165, 1.54) is 6.20 Å². The molecule has 0 radical (unpaired) electrons. The highest BCUT2D eigenvalue weighted by Gasteiger charge is 2.29. The zero-order valence-corrected chi connectivity index (χ0v) is 12.5. The van der Waals surface area contributed by atoms with E-state index in [1.54, 1.807) is 0 Å². The third-order valence-electron chi connectivity index (χ3n) is 2.41. The molecule has 0 saturated carbocycles. The number of nitrogens with zero attached hydrogens (tertiary/aromatic N) is 2. The van der Waals surface area contributed by atoms with Crippen molar-refractivity contribution in [2.24, 2.45) is 0 Å². The van der Waals surface area contributed by atoms with Crippen LogP contribution in [-0.4, -0.2) is 35.6 Å². The molecule has 0 amide bonds. The summed E-state index contributed by atoms with van der Waals surface area (Å²) in [6.45, 7) is 2.88. The number of anilines is 1. The van der Waals surface area contributed by atoms with E-state index in [9.17, 15) is 18.0 Å². The smallest absolute Gasteiger partial charge is 0.383 e. The number of alkyl halides is 3. The first-order chi connectivity index (χ1) is 9.35. The molecule has 2 N–H and O–H groups in total. The van der Waals surface area contributed by atoms with E-state index in [2.05, 4.69) is 31.7 Å². The maximum Gasteiger partial charge on any atom is 0.408 e. The Bertz CT molecular complexity index is 490. The fraction of sp³-hybridized carbons (Fsp3) is 0.636. The predicted molar refractivity (Wildman–Crippen MR) is 73.9 cm³/mol. The van der Waals surface area contributed by atoms with Crippen molar-refractivity contribution in [2.75, 3.05) is 25.0 Å². The molecular formula is C11H16BrF3N4O. The van der Waals surface area contributed by atoms with Crippen molar-refractivity contribution in [2.45, 2.75) is 26.1 Å². The molecule has 114 valence electrons. The zero-order valence-electron chi connectivity index (χ0n) is 10.9. The van der Waals surface area contributed by atoms with Crippen LogP contribution in [0.2, 0.25) is 0 Å². The van der Waals surface area contributed by atoms with Gasteiger partial charge in [-0.25, -0.2) is 4.68 Å². The maximum absolute atomic E-state index is 12.2. The van der Waals surface area contributed by atoms with Crippen molar-refractivity contribution >= 4 is 21.6 Å². The van der Waals surface area contributed by atoms with Gasteiger partial charge < -0.3 is 10.6 Å². The van der Waals surface area contributed by atoms with Crippen LogP contribution in [-0.2, 0) is 6.54 Å². The van der Waals surface area contributed by atoms with Crippen molar-refractivity contribution in [3.05, 3.63) is 21.0 Å². The van der Waals surface area contributed by atoms with Crippen LogP contribution in [0, 0.1) is 0 Å². The molecule has 20 heavy (non-hydrogen) atoms. The summed E-state index contributed by atoms with van der Waals surface area (Å²) in [6.07, 6.45) is -2.44. The van der Waals surface area contributed by atoms with Crippen LogP contribution in [0.1, 0.15) is 13.3 Å². The molecule has 9 heteroatoms.